The van der Waals surface area contributed by atoms with Crippen molar-refractivity contribution in [2.45, 2.75) is 12.3 Å². The SMILES string of the molecule is COc1c(CCl)c[nH]c(=O)c1C(F)F. The van der Waals surface area contributed by atoms with E-state index in [1.165, 1.54) is 13.3 Å². The molecule has 0 aliphatic heterocycles. The van der Waals surface area contributed by atoms with E-state index in [-0.39, 0.29) is 11.6 Å². The van der Waals surface area contributed by atoms with Crippen molar-refractivity contribution >= 4 is 11.6 Å². The second kappa shape index (κ2) is 4.41. The third kappa shape index (κ3) is 1.87. The highest BCUT2D eigenvalue weighted by Gasteiger charge is 2.21. The molecule has 1 heterocycles. The van der Waals surface area contributed by atoms with Crippen LogP contribution in [0.2, 0.25) is 0 Å². The van der Waals surface area contributed by atoms with E-state index in [2.05, 4.69) is 4.98 Å². The van der Waals surface area contributed by atoms with Crippen LogP contribution in [0.25, 0.3) is 0 Å². The number of hydrogen-bond donors (Lipinski definition) is 1. The van der Waals surface area contributed by atoms with E-state index >= 15 is 0 Å². The van der Waals surface area contributed by atoms with Crippen LogP contribution >= 0.6 is 11.6 Å². The van der Waals surface area contributed by atoms with Gasteiger partial charge in [-0.25, -0.2) is 8.78 Å². The smallest absolute Gasteiger partial charge is 0.272 e. The molecule has 0 aromatic carbocycles. The van der Waals surface area contributed by atoms with Gasteiger partial charge in [-0.1, -0.05) is 0 Å². The molecule has 0 spiro atoms. The maximum absolute atomic E-state index is 12.4. The number of H-pyrrole nitrogens is 1. The number of ether oxygens (including phenoxy) is 1. The summed E-state index contributed by atoms with van der Waals surface area (Å²) in [5, 5.41) is 0. The highest BCUT2D eigenvalue weighted by Crippen LogP contribution is 2.29. The van der Waals surface area contributed by atoms with Gasteiger partial charge in [-0.15, -0.1) is 11.6 Å². The Morgan fingerprint density at radius 1 is 1.64 bits per heavy atom. The van der Waals surface area contributed by atoms with E-state index in [0.29, 0.717) is 5.56 Å². The number of rotatable bonds is 3. The molecule has 6 heteroatoms. The molecule has 14 heavy (non-hydrogen) atoms. The molecule has 0 amide bonds. The highest BCUT2D eigenvalue weighted by molar-refractivity contribution is 6.17. The van der Waals surface area contributed by atoms with Gasteiger partial charge in [-0.3, -0.25) is 4.79 Å². The molecule has 1 rings (SSSR count). The van der Waals surface area contributed by atoms with Crippen molar-refractivity contribution in [3.63, 3.8) is 0 Å². The number of aromatic amines is 1. The number of halogens is 3. The summed E-state index contributed by atoms with van der Waals surface area (Å²) in [5.74, 6) is -0.140. The van der Waals surface area contributed by atoms with Gasteiger partial charge >= 0.3 is 0 Å². The Bertz CT molecular complexity index is 378. The number of pyridine rings is 1. The number of nitrogens with one attached hydrogen (secondary N) is 1. The van der Waals surface area contributed by atoms with E-state index in [9.17, 15) is 13.6 Å². The van der Waals surface area contributed by atoms with Crippen LogP contribution in [0.3, 0.4) is 0 Å². The summed E-state index contributed by atoms with van der Waals surface area (Å²) in [6.45, 7) is 0. The van der Waals surface area contributed by atoms with Crippen LogP contribution in [0, 0.1) is 0 Å². The molecule has 0 unspecified atom stereocenters. The molecule has 0 saturated heterocycles. The summed E-state index contributed by atoms with van der Waals surface area (Å²) in [6.07, 6.45) is -1.61. The fourth-order valence-corrected chi connectivity index (χ4v) is 1.31. The summed E-state index contributed by atoms with van der Waals surface area (Å²) in [4.78, 5) is 13.2. The minimum Gasteiger partial charge on any atom is -0.496 e. The predicted octanol–water partition coefficient (Wildman–Crippen LogP) is 2.06. The number of alkyl halides is 3. The van der Waals surface area contributed by atoms with E-state index in [1.807, 2.05) is 0 Å². The first-order valence-corrected chi connectivity index (χ1v) is 4.27. The van der Waals surface area contributed by atoms with Gasteiger partial charge in [0.1, 0.15) is 11.3 Å². The summed E-state index contributed by atoms with van der Waals surface area (Å²) in [5.41, 5.74) is -1.19. The van der Waals surface area contributed by atoms with Crippen LogP contribution in [0.5, 0.6) is 5.75 Å². The van der Waals surface area contributed by atoms with Crippen LogP contribution in [0.15, 0.2) is 11.0 Å². The van der Waals surface area contributed by atoms with E-state index in [0.717, 1.165) is 0 Å². The van der Waals surface area contributed by atoms with Crippen LogP contribution < -0.4 is 10.3 Å². The summed E-state index contributed by atoms with van der Waals surface area (Å²) >= 11 is 5.49. The van der Waals surface area contributed by atoms with Crippen LogP contribution in [-0.4, -0.2) is 12.1 Å². The zero-order valence-electron chi connectivity index (χ0n) is 7.31. The van der Waals surface area contributed by atoms with Gasteiger partial charge in [-0.2, -0.15) is 0 Å². The molecule has 78 valence electrons. The predicted molar refractivity (Wildman–Crippen MR) is 48.1 cm³/mol. The number of methoxy groups -OCH3 is 1. The third-order valence-electron chi connectivity index (χ3n) is 1.72. The van der Waals surface area contributed by atoms with Crippen LogP contribution in [0.1, 0.15) is 17.6 Å². The standard InChI is InChI=1S/C8H8ClF2NO2/c1-14-6-4(2-9)3-12-8(13)5(6)7(10)11/h3,7H,2H2,1H3,(H,12,13). The van der Waals surface area contributed by atoms with Gasteiger partial charge in [0.15, 0.2) is 0 Å². The Hall–Kier alpha value is -1.10. The molecule has 3 nitrogen and oxygen atoms in total. The molecule has 0 radical (unpaired) electrons. The lowest BCUT2D eigenvalue weighted by molar-refractivity contribution is 0.145. The fraction of sp³-hybridized carbons (Fsp3) is 0.375. The van der Waals surface area contributed by atoms with Crippen LogP contribution in [0.4, 0.5) is 8.78 Å². The normalized spacial score (nSPS) is 10.6. The first kappa shape index (κ1) is 11.0. The summed E-state index contributed by atoms with van der Waals surface area (Å²) < 4.78 is 29.6. The maximum Gasteiger partial charge on any atom is 0.272 e. The Morgan fingerprint density at radius 2 is 2.29 bits per heavy atom. The summed E-state index contributed by atoms with van der Waals surface area (Å²) in [7, 11) is 1.22. The van der Waals surface area contributed by atoms with Gasteiger partial charge in [-0.05, 0) is 0 Å². The summed E-state index contributed by atoms with van der Waals surface area (Å²) in [6, 6.07) is 0. The zero-order chi connectivity index (χ0) is 10.7. The van der Waals surface area contributed by atoms with E-state index in [4.69, 9.17) is 16.3 Å². The third-order valence-corrected chi connectivity index (χ3v) is 2.01. The van der Waals surface area contributed by atoms with Gasteiger partial charge in [0.25, 0.3) is 12.0 Å². The Balaban J connectivity index is 3.43. The van der Waals surface area contributed by atoms with Crippen molar-refractivity contribution in [3.8, 4) is 5.75 Å². The molecule has 0 aliphatic carbocycles. The van der Waals surface area contributed by atoms with Crippen molar-refractivity contribution in [3.05, 3.63) is 27.7 Å². The van der Waals surface area contributed by atoms with Gasteiger partial charge in [0.05, 0.1) is 13.0 Å². The molecule has 1 aromatic heterocycles. The number of hydrogen-bond acceptors (Lipinski definition) is 2. The van der Waals surface area contributed by atoms with Gasteiger partial charge in [0.2, 0.25) is 0 Å². The highest BCUT2D eigenvalue weighted by atomic mass is 35.5. The molecule has 0 aliphatic rings. The van der Waals surface area contributed by atoms with Crippen molar-refractivity contribution in [2.75, 3.05) is 7.11 Å². The molecule has 0 bridgehead atoms. The Morgan fingerprint density at radius 3 is 2.71 bits per heavy atom. The van der Waals surface area contributed by atoms with Crippen molar-refractivity contribution in [1.29, 1.82) is 0 Å². The molecule has 0 saturated carbocycles. The van der Waals surface area contributed by atoms with Gasteiger partial charge < -0.3 is 9.72 Å². The topological polar surface area (TPSA) is 42.1 Å². The lowest BCUT2D eigenvalue weighted by Crippen LogP contribution is -2.15. The lowest BCUT2D eigenvalue weighted by Gasteiger charge is -2.09. The molecular weight excluding hydrogens is 216 g/mol. The van der Waals surface area contributed by atoms with Crippen molar-refractivity contribution in [2.24, 2.45) is 0 Å². The first-order chi connectivity index (χ1) is 6.61. The minimum atomic E-state index is -2.88. The molecular formula is C8H8ClF2NO2. The Labute approximate surface area is 83.7 Å². The number of aromatic nitrogens is 1. The average Bonchev–Trinajstić information content (AvgIpc) is 2.16. The molecule has 0 atom stereocenters. The van der Waals surface area contributed by atoms with Gasteiger partial charge in [0, 0.05) is 11.8 Å². The van der Waals surface area contributed by atoms with E-state index < -0.39 is 17.5 Å². The largest absolute Gasteiger partial charge is 0.496 e. The molecule has 1 N–H and O–H groups in total. The maximum atomic E-state index is 12.4. The van der Waals surface area contributed by atoms with E-state index in [1.54, 1.807) is 0 Å². The second-order valence-corrected chi connectivity index (χ2v) is 2.79. The average molecular weight is 224 g/mol. The minimum absolute atomic E-state index is 0.000324. The molecule has 0 fully saturated rings. The quantitative estimate of drug-likeness (QED) is 0.797. The first-order valence-electron chi connectivity index (χ1n) is 3.74. The van der Waals surface area contributed by atoms with Crippen molar-refractivity contribution < 1.29 is 13.5 Å². The van der Waals surface area contributed by atoms with Crippen LogP contribution in [-0.2, 0) is 5.88 Å². The monoisotopic (exact) mass is 223 g/mol. The fourth-order valence-electron chi connectivity index (χ4n) is 1.11. The lowest BCUT2D eigenvalue weighted by atomic mass is 10.2. The van der Waals surface area contributed by atoms with Crippen molar-refractivity contribution in [1.82, 2.24) is 4.98 Å². The zero-order valence-corrected chi connectivity index (χ0v) is 8.07. The molecule has 1 aromatic rings. The second-order valence-electron chi connectivity index (χ2n) is 2.52. The Kier molecular flexibility index (Phi) is 3.46.